The Kier molecular flexibility index (Phi) is 5.13. The quantitative estimate of drug-likeness (QED) is 0.566. The second-order valence-electron chi connectivity index (χ2n) is 6.88. The number of carboxylic acids is 1. The average Bonchev–Trinajstić information content (AvgIpc) is 3.37. The Morgan fingerprint density at radius 2 is 2.24 bits per heavy atom. The predicted octanol–water partition coefficient (Wildman–Crippen LogP) is 2.56. The van der Waals surface area contributed by atoms with Crippen LogP contribution in [0.4, 0.5) is 0 Å². The first-order valence-electron chi connectivity index (χ1n) is 9.19. The maximum Gasteiger partial charge on any atom is 0.347 e. The molecule has 1 aliphatic rings. The molecule has 0 radical (unpaired) electrons. The maximum absolute atomic E-state index is 12.5. The largest absolute Gasteiger partial charge is 0.477 e. The predicted molar refractivity (Wildman–Crippen MR) is 107 cm³/mol. The van der Waals surface area contributed by atoms with Crippen LogP contribution in [0.5, 0.6) is 0 Å². The number of aromatic nitrogens is 5. The van der Waals surface area contributed by atoms with Gasteiger partial charge in [0.05, 0.1) is 17.1 Å². The third-order valence-electron chi connectivity index (χ3n) is 4.88. The number of fused-ring (bicyclic) bond motifs is 1. The van der Waals surface area contributed by atoms with Gasteiger partial charge < -0.3 is 15.4 Å². The monoisotopic (exact) mass is 434 g/mol. The molecule has 0 fully saturated rings. The molecule has 3 N–H and O–H groups in total. The number of rotatable bonds is 5. The number of carbonyl (C=O) groups excluding carboxylic acids is 1. The van der Waals surface area contributed by atoms with E-state index in [1.54, 1.807) is 11.6 Å². The molecule has 9 nitrogen and oxygen atoms in total. The molecule has 0 aromatic carbocycles. The van der Waals surface area contributed by atoms with Crippen LogP contribution in [0.3, 0.4) is 0 Å². The van der Waals surface area contributed by atoms with Crippen molar-refractivity contribution < 1.29 is 14.7 Å². The van der Waals surface area contributed by atoms with Gasteiger partial charge in [-0.1, -0.05) is 29.9 Å². The highest BCUT2D eigenvalue weighted by atomic mass is 35.5. The molecule has 0 saturated heterocycles. The summed E-state index contributed by atoms with van der Waals surface area (Å²) in [6, 6.07) is -0.0470. The van der Waals surface area contributed by atoms with Gasteiger partial charge in [-0.2, -0.15) is 5.10 Å². The molecule has 3 aromatic rings. The van der Waals surface area contributed by atoms with E-state index in [0.29, 0.717) is 35.2 Å². The molecule has 11 heteroatoms. The van der Waals surface area contributed by atoms with Gasteiger partial charge in [-0.15, -0.1) is 0 Å². The number of hydrogen-bond acceptors (Lipinski definition) is 6. The van der Waals surface area contributed by atoms with Gasteiger partial charge in [0.2, 0.25) is 5.13 Å². The molecule has 0 aliphatic heterocycles. The van der Waals surface area contributed by atoms with Gasteiger partial charge in [0.15, 0.2) is 11.0 Å². The Morgan fingerprint density at radius 1 is 1.45 bits per heavy atom. The number of aryl methyl sites for hydroxylation is 3. The zero-order chi connectivity index (χ0) is 20.7. The van der Waals surface area contributed by atoms with Crippen molar-refractivity contribution in [3.63, 3.8) is 0 Å². The SMILES string of the molecule is CCc1[nH]c(C(=O)NC2CCc3nn(-c4nc(C)c(C(=O)O)s4)cc3C2)nc1Cl. The van der Waals surface area contributed by atoms with E-state index in [0.717, 1.165) is 34.7 Å². The zero-order valence-electron chi connectivity index (χ0n) is 15.8. The van der Waals surface area contributed by atoms with E-state index < -0.39 is 5.97 Å². The number of nitrogens with zero attached hydrogens (tertiary/aromatic N) is 4. The number of halogens is 1. The van der Waals surface area contributed by atoms with Crippen LogP contribution in [0.1, 0.15) is 56.3 Å². The van der Waals surface area contributed by atoms with Crippen molar-refractivity contribution in [3.8, 4) is 5.13 Å². The summed E-state index contributed by atoms with van der Waals surface area (Å²) in [5.74, 6) is -1.06. The van der Waals surface area contributed by atoms with Crippen molar-refractivity contribution >= 4 is 34.8 Å². The number of carbonyl (C=O) groups is 2. The van der Waals surface area contributed by atoms with Crippen LogP contribution in [0, 0.1) is 6.92 Å². The van der Waals surface area contributed by atoms with Crippen molar-refractivity contribution in [1.82, 2.24) is 30.0 Å². The third kappa shape index (κ3) is 3.77. The Hall–Kier alpha value is -2.72. The van der Waals surface area contributed by atoms with E-state index in [1.807, 2.05) is 13.1 Å². The normalized spacial score (nSPS) is 15.9. The summed E-state index contributed by atoms with van der Waals surface area (Å²) in [7, 11) is 0. The van der Waals surface area contributed by atoms with Crippen molar-refractivity contribution in [2.24, 2.45) is 0 Å². The van der Waals surface area contributed by atoms with E-state index in [1.165, 1.54) is 0 Å². The first-order valence-corrected chi connectivity index (χ1v) is 10.4. The highest BCUT2D eigenvalue weighted by Gasteiger charge is 2.26. The summed E-state index contributed by atoms with van der Waals surface area (Å²) >= 11 is 7.11. The lowest BCUT2D eigenvalue weighted by Gasteiger charge is -2.21. The summed E-state index contributed by atoms with van der Waals surface area (Å²) in [5, 5.41) is 17.6. The number of hydrogen-bond donors (Lipinski definition) is 3. The van der Waals surface area contributed by atoms with Gasteiger partial charge in [0.25, 0.3) is 5.91 Å². The molecule has 29 heavy (non-hydrogen) atoms. The molecule has 1 aliphatic carbocycles. The van der Waals surface area contributed by atoms with Gasteiger partial charge >= 0.3 is 5.97 Å². The lowest BCUT2D eigenvalue weighted by Crippen LogP contribution is -2.39. The van der Waals surface area contributed by atoms with Crippen LogP contribution >= 0.6 is 22.9 Å². The number of thiazole rings is 1. The fourth-order valence-corrected chi connectivity index (χ4v) is 4.49. The van der Waals surface area contributed by atoms with E-state index in [9.17, 15) is 14.7 Å². The Labute approximate surface area is 175 Å². The minimum atomic E-state index is -0.991. The Morgan fingerprint density at radius 3 is 2.90 bits per heavy atom. The molecule has 1 atom stereocenters. The van der Waals surface area contributed by atoms with Crippen molar-refractivity contribution in [2.45, 2.75) is 45.6 Å². The summed E-state index contributed by atoms with van der Waals surface area (Å²) in [5.41, 5.74) is 3.16. The second kappa shape index (κ2) is 7.60. The molecule has 0 spiro atoms. The summed E-state index contributed by atoms with van der Waals surface area (Å²) < 4.78 is 1.62. The van der Waals surface area contributed by atoms with Crippen LogP contribution in [0.15, 0.2) is 6.20 Å². The van der Waals surface area contributed by atoms with E-state index >= 15 is 0 Å². The molecule has 152 valence electrons. The number of nitrogens with one attached hydrogen (secondary N) is 2. The molecular formula is C18H19ClN6O3S. The van der Waals surface area contributed by atoms with E-state index in [4.69, 9.17) is 11.6 Å². The van der Waals surface area contributed by atoms with E-state index in [2.05, 4.69) is 25.4 Å². The number of amides is 1. The maximum atomic E-state index is 12.5. The number of H-pyrrole nitrogens is 1. The van der Waals surface area contributed by atoms with Gasteiger partial charge in [0, 0.05) is 12.2 Å². The highest BCUT2D eigenvalue weighted by Crippen LogP contribution is 2.26. The fourth-order valence-electron chi connectivity index (χ4n) is 3.39. The van der Waals surface area contributed by atoms with Gasteiger partial charge in [0.1, 0.15) is 4.88 Å². The van der Waals surface area contributed by atoms with Crippen molar-refractivity contribution in [2.75, 3.05) is 0 Å². The topological polar surface area (TPSA) is 126 Å². The summed E-state index contributed by atoms with van der Waals surface area (Å²) in [4.78, 5) is 35.3. The summed E-state index contributed by atoms with van der Waals surface area (Å²) in [6.45, 7) is 3.61. The molecular weight excluding hydrogens is 416 g/mol. The first-order chi connectivity index (χ1) is 13.9. The molecule has 3 heterocycles. The molecule has 3 aromatic heterocycles. The van der Waals surface area contributed by atoms with Crippen LogP contribution in [0.2, 0.25) is 5.15 Å². The fraction of sp³-hybridized carbons (Fsp3) is 0.389. The van der Waals surface area contributed by atoms with Crippen molar-refractivity contribution in [3.05, 3.63) is 44.7 Å². The van der Waals surface area contributed by atoms with Crippen LogP contribution in [0.25, 0.3) is 5.13 Å². The second-order valence-corrected chi connectivity index (χ2v) is 8.22. The molecule has 1 unspecified atom stereocenters. The number of imidazole rings is 1. The summed E-state index contributed by atoms with van der Waals surface area (Å²) in [6.07, 6.45) is 4.62. The number of aromatic carboxylic acids is 1. The number of carboxylic acid groups (broad SMARTS) is 1. The number of aromatic amines is 1. The van der Waals surface area contributed by atoms with Crippen molar-refractivity contribution in [1.29, 1.82) is 0 Å². The molecule has 1 amide bonds. The van der Waals surface area contributed by atoms with Crippen LogP contribution in [-0.2, 0) is 19.3 Å². The minimum Gasteiger partial charge on any atom is -0.477 e. The average molecular weight is 435 g/mol. The Balaban J connectivity index is 1.48. The third-order valence-corrected chi connectivity index (χ3v) is 6.33. The minimum absolute atomic E-state index is 0.0470. The Bertz CT molecular complexity index is 1100. The standard InChI is InChI=1S/C18H19ClN6O3S/c1-3-11-14(19)23-15(22-11)16(26)21-10-4-5-12-9(6-10)7-25(24-12)18-20-8(2)13(29-18)17(27)28/h7,10H,3-6H2,1-2H3,(H,21,26)(H,22,23)(H,27,28). The molecule has 0 saturated carbocycles. The van der Waals surface area contributed by atoms with Gasteiger partial charge in [-0.05, 0) is 38.2 Å². The first kappa shape index (κ1) is 19.6. The lowest BCUT2D eigenvalue weighted by molar-refractivity contribution is 0.0700. The lowest BCUT2D eigenvalue weighted by atomic mass is 9.93. The molecule has 4 rings (SSSR count). The van der Waals surface area contributed by atoms with Gasteiger partial charge in [-0.3, -0.25) is 4.79 Å². The molecule has 0 bridgehead atoms. The van der Waals surface area contributed by atoms with Crippen LogP contribution in [-0.4, -0.2) is 47.8 Å². The highest BCUT2D eigenvalue weighted by molar-refractivity contribution is 7.16. The zero-order valence-corrected chi connectivity index (χ0v) is 17.4. The van der Waals surface area contributed by atoms with Gasteiger partial charge in [-0.25, -0.2) is 19.4 Å². The van der Waals surface area contributed by atoms with Crippen LogP contribution < -0.4 is 5.32 Å². The van der Waals surface area contributed by atoms with E-state index in [-0.39, 0.29) is 22.7 Å². The smallest absolute Gasteiger partial charge is 0.347 e.